The molecule has 0 radical (unpaired) electrons. The van der Waals surface area contributed by atoms with E-state index in [4.69, 9.17) is 16.0 Å². The van der Waals surface area contributed by atoms with Gasteiger partial charge in [-0.1, -0.05) is 30.3 Å². The smallest absolute Gasteiger partial charge is 0.193 e. The van der Waals surface area contributed by atoms with E-state index in [1.807, 2.05) is 30.3 Å². The van der Waals surface area contributed by atoms with Crippen molar-refractivity contribution in [2.45, 2.75) is 12.5 Å². The van der Waals surface area contributed by atoms with Gasteiger partial charge >= 0.3 is 0 Å². The van der Waals surface area contributed by atoms with Crippen LogP contribution in [0, 0.1) is 0 Å². The lowest BCUT2D eigenvalue weighted by Crippen LogP contribution is -1.99. The third-order valence-corrected chi connectivity index (χ3v) is 2.40. The molecule has 2 aromatic rings. The first-order valence-corrected chi connectivity index (χ1v) is 5.11. The lowest BCUT2D eigenvalue weighted by molar-refractivity contribution is 0.150. The topological polar surface area (TPSA) is 33.4 Å². The minimum atomic E-state index is -0.639. The minimum Gasteiger partial charge on any atom is -0.447 e. The van der Waals surface area contributed by atoms with Crippen molar-refractivity contribution in [3.05, 3.63) is 59.0 Å². The number of benzene rings is 1. The molecular formula is C12H11ClO2. The molecule has 78 valence electrons. The van der Waals surface area contributed by atoms with Crippen molar-refractivity contribution in [3.63, 3.8) is 0 Å². The van der Waals surface area contributed by atoms with Crippen molar-refractivity contribution < 1.29 is 9.52 Å². The van der Waals surface area contributed by atoms with Gasteiger partial charge in [-0.3, -0.25) is 0 Å². The Bertz CT molecular complexity index is 422. The average Bonchev–Trinajstić information content (AvgIpc) is 2.66. The van der Waals surface area contributed by atoms with Gasteiger partial charge in [-0.05, 0) is 29.3 Å². The molecule has 1 unspecified atom stereocenters. The van der Waals surface area contributed by atoms with Crippen molar-refractivity contribution in [1.29, 1.82) is 0 Å². The van der Waals surface area contributed by atoms with E-state index in [2.05, 4.69) is 0 Å². The number of hydrogen-bond donors (Lipinski definition) is 1. The number of furan rings is 1. The predicted octanol–water partition coefficient (Wildman–Crippen LogP) is 3.21. The highest BCUT2D eigenvalue weighted by molar-refractivity contribution is 6.28. The SMILES string of the molecule is OC(Cc1ccccc1)c1ccc(Cl)o1. The van der Waals surface area contributed by atoms with Crippen LogP contribution in [-0.2, 0) is 6.42 Å². The maximum Gasteiger partial charge on any atom is 0.193 e. The van der Waals surface area contributed by atoms with E-state index in [0.29, 0.717) is 17.4 Å². The van der Waals surface area contributed by atoms with Crippen LogP contribution in [0.25, 0.3) is 0 Å². The standard InChI is InChI=1S/C12H11ClO2/c13-12-7-6-11(15-12)10(14)8-9-4-2-1-3-5-9/h1-7,10,14H,8H2. The Balaban J connectivity index is 2.07. The molecule has 0 amide bonds. The number of halogens is 1. The molecule has 0 saturated heterocycles. The van der Waals surface area contributed by atoms with Gasteiger partial charge in [0.05, 0.1) is 0 Å². The van der Waals surface area contributed by atoms with Crippen LogP contribution in [0.1, 0.15) is 17.4 Å². The monoisotopic (exact) mass is 222 g/mol. The molecule has 1 aromatic carbocycles. The van der Waals surface area contributed by atoms with E-state index in [0.717, 1.165) is 5.56 Å². The highest BCUT2D eigenvalue weighted by Crippen LogP contribution is 2.22. The molecule has 15 heavy (non-hydrogen) atoms. The molecule has 2 rings (SSSR count). The van der Waals surface area contributed by atoms with Gasteiger partial charge in [-0.2, -0.15) is 0 Å². The molecule has 0 aliphatic rings. The molecule has 1 aromatic heterocycles. The summed E-state index contributed by atoms with van der Waals surface area (Å²) in [4.78, 5) is 0. The zero-order chi connectivity index (χ0) is 10.7. The van der Waals surface area contributed by atoms with Crippen molar-refractivity contribution in [2.75, 3.05) is 0 Å². The van der Waals surface area contributed by atoms with Crippen LogP contribution in [0.4, 0.5) is 0 Å². The number of aliphatic hydroxyl groups is 1. The maximum atomic E-state index is 9.83. The fourth-order valence-corrected chi connectivity index (χ4v) is 1.60. The van der Waals surface area contributed by atoms with E-state index in [1.54, 1.807) is 12.1 Å². The fourth-order valence-electron chi connectivity index (χ4n) is 1.45. The van der Waals surface area contributed by atoms with Gasteiger partial charge < -0.3 is 9.52 Å². The summed E-state index contributed by atoms with van der Waals surface area (Å²) in [7, 11) is 0. The molecule has 1 N–H and O–H groups in total. The summed E-state index contributed by atoms with van der Waals surface area (Å²) >= 11 is 5.63. The number of hydrogen-bond acceptors (Lipinski definition) is 2. The zero-order valence-corrected chi connectivity index (χ0v) is 8.82. The Morgan fingerprint density at radius 1 is 1.13 bits per heavy atom. The van der Waals surface area contributed by atoms with Gasteiger partial charge in [-0.25, -0.2) is 0 Å². The van der Waals surface area contributed by atoms with Gasteiger partial charge in [0.2, 0.25) is 0 Å². The first-order chi connectivity index (χ1) is 7.25. The summed E-state index contributed by atoms with van der Waals surface area (Å²) in [5, 5.41) is 10.1. The molecule has 0 bridgehead atoms. The fraction of sp³-hybridized carbons (Fsp3) is 0.167. The highest BCUT2D eigenvalue weighted by atomic mass is 35.5. The summed E-state index contributed by atoms with van der Waals surface area (Å²) in [6.45, 7) is 0. The van der Waals surface area contributed by atoms with Crippen LogP contribution in [0.3, 0.4) is 0 Å². The molecule has 0 aliphatic heterocycles. The lowest BCUT2D eigenvalue weighted by Gasteiger charge is -2.07. The van der Waals surface area contributed by atoms with Crippen LogP contribution < -0.4 is 0 Å². The quantitative estimate of drug-likeness (QED) is 0.865. The van der Waals surface area contributed by atoms with Gasteiger partial charge in [0.15, 0.2) is 5.22 Å². The third-order valence-electron chi connectivity index (χ3n) is 2.19. The van der Waals surface area contributed by atoms with E-state index in [1.165, 1.54) is 0 Å². The Morgan fingerprint density at radius 3 is 2.47 bits per heavy atom. The van der Waals surface area contributed by atoms with Crippen LogP contribution in [0.15, 0.2) is 46.9 Å². The highest BCUT2D eigenvalue weighted by Gasteiger charge is 2.12. The van der Waals surface area contributed by atoms with Gasteiger partial charge in [0.1, 0.15) is 11.9 Å². The largest absolute Gasteiger partial charge is 0.447 e. The summed E-state index contributed by atoms with van der Waals surface area (Å²) < 4.78 is 5.13. The molecule has 0 aliphatic carbocycles. The number of rotatable bonds is 3. The molecule has 3 heteroatoms. The molecule has 1 atom stereocenters. The third kappa shape index (κ3) is 2.61. The Hall–Kier alpha value is -1.25. The normalized spacial score (nSPS) is 12.7. The first-order valence-electron chi connectivity index (χ1n) is 4.73. The second-order valence-corrected chi connectivity index (χ2v) is 3.72. The van der Waals surface area contributed by atoms with Crippen molar-refractivity contribution in [2.24, 2.45) is 0 Å². The van der Waals surface area contributed by atoms with E-state index in [9.17, 15) is 5.11 Å². The van der Waals surface area contributed by atoms with E-state index in [-0.39, 0.29) is 0 Å². The molecule has 0 spiro atoms. The molecular weight excluding hydrogens is 212 g/mol. The maximum absolute atomic E-state index is 9.83. The Kier molecular flexibility index (Phi) is 3.09. The lowest BCUT2D eigenvalue weighted by atomic mass is 10.1. The summed E-state index contributed by atoms with van der Waals surface area (Å²) in [6.07, 6.45) is -0.107. The van der Waals surface area contributed by atoms with Crippen LogP contribution in [0.5, 0.6) is 0 Å². The molecule has 1 heterocycles. The average molecular weight is 223 g/mol. The second-order valence-electron chi connectivity index (χ2n) is 3.35. The number of aliphatic hydroxyl groups excluding tert-OH is 1. The van der Waals surface area contributed by atoms with Gasteiger partial charge in [0, 0.05) is 6.42 Å². The van der Waals surface area contributed by atoms with Crippen molar-refractivity contribution >= 4 is 11.6 Å². The van der Waals surface area contributed by atoms with Crippen LogP contribution in [0.2, 0.25) is 5.22 Å². The van der Waals surface area contributed by atoms with Crippen molar-refractivity contribution in [3.8, 4) is 0 Å². The van der Waals surface area contributed by atoms with E-state index < -0.39 is 6.10 Å². The van der Waals surface area contributed by atoms with Crippen molar-refractivity contribution in [1.82, 2.24) is 0 Å². The van der Waals surface area contributed by atoms with Gasteiger partial charge in [0.25, 0.3) is 0 Å². The van der Waals surface area contributed by atoms with Gasteiger partial charge in [-0.15, -0.1) is 0 Å². The summed E-state index contributed by atoms with van der Waals surface area (Å²) in [5.74, 6) is 0.504. The second kappa shape index (κ2) is 4.51. The van der Waals surface area contributed by atoms with Crippen LogP contribution in [-0.4, -0.2) is 5.11 Å². The van der Waals surface area contributed by atoms with Crippen LogP contribution >= 0.6 is 11.6 Å². The molecule has 0 fully saturated rings. The predicted molar refractivity (Wildman–Crippen MR) is 58.8 cm³/mol. The molecule has 2 nitrogen and oxygen atoms in total. The summed E-state index contributed by atoms with van der Waals surface area (Å²) in [6, 6.07) is 13.1. The molecule has 0 saturated carbocycles. The Morgan fingerprint density at radius 2 is 1.87 bits per heavy atom. The minimum absolute atomic E-state index is 0.303. The summed E-state index contributed by atoms with van der Waals surface area (Å²) in [5.41, 5.74) is 1.07. The Labute approximate surface area is 93.1 Å². The van der Waals surface area contributed by atoms with E-state index >= 15 is 0 Å². The zero-order valence-electron chi connectivity index (χ0n) is 8.06. The first kappa shape index (κ1) is 10.3.